The van der Waals surface area contributed by atoms with Crippen molar-refractivity contribution in [1.82, 2.24) is 0 Å². The summed E-state index contributed by atoms with van der Waals surface area (Å²) in [6, 6.07) is 0. The van der Waals surface area contributed by atoms with Crippen molar-refractivity contribution in [3.63, 3.8) is 0 Å². The highest BCUT2D eigenvalue weighted by atomic mass is 16.5. The van der Waals surface area contributed by atoms with Gasteiger partial charge in [-0.1, -0.05) is 5.92 Å². The van der Waals surface area contributed by atoms with Gasteiger partial charge >= 0.3 is 5.97 Å². The molecular weight excluding hydrogens is 156 g/mol. The van der Waals surface area contributed by atoms with Crippen LogP contribution in [-0.4, -0.2) is 23.8 Å². The summed E-state index contributed by atoms with van der Waals surface area (Å²) in [5, 5.41) is 8.34. The molecule has 0 bridgehead atoms. The molecule has 0 aliphatic heterocycles. The van der Waals surface area contributed by atoms with E-state index in [1.54, 1.807) is 0 Å². The van der Waals surface area contributed by atoms with Gasteiger partial charge in [0.05, 0.1) is 0 Å². The van der Waals surface area contributed by atoms with E-state index in [9.17, 15) is 4.79 Å². The van der Waals surface area contributed by atoms with E-state index in [4.69, 9.17) is 9.84 Å². The summed E-state index contributed by atoms with van der Waals surface area (Å²) in [7, 11) is 0. The molecule has 1 rings (SSSR count). The third-order valence-corrected chi connectivity index (χ3v) is 1.69. The molecule has 12 heavy (non-hydrogen) atoms. The second-order valence-electron chi connectivity index (χ2n) is 2.76. The molecule has 0 saturated heterocycles. The highest BCUT2D eigenvalue weighted by Gasteiger charge is 2.09. The van der Waals surface area contributed by atoms with Gasteiger partial charge in [0.2, 0.25) is 0 Å². The van der Waals surface area contributed by atoms with Crippen molar-refractivity contribution >= 4 is 5.97 Å². The summed E-state index contributed by atoms with van der Waals surface area (Å²) >= 11 is 0. The minimum Gasteiger partial charge on any atom is -0.480 e. The Hall–Kier alpha value is -1.01. The molecule has 3 heteroatoms. The van der Waals surface area contributed by atoms with Gasteiger partial charge in [-0.2, -0.15) is 0 Å². The Morgan fingerprint density at radius 3 is 3.17 bits per heavy atom. The van der Waals surface area contributed by atoms with Crippen LogP contribution in [0.15, 0.2) is 0 Å². The summed E-state index contributed by atoms with van der Waals surface area (Å²) in [4.78, 5) is 10.2. The normalized spacial score (nSPS) is 22.2. The number of ether oxygens (including phenoxy) is 1. The van der Waals surface area contributed by atoms with Gasteiger partial charge < -0.3 is 9.84 Å². The Morgan fingerprint density at radius 2 is 2.42 bits per heavy atom. The van der Waals surface area contributed by atoms with E-state index in [2.05, 4.69) is 11.8 Å². The maximum Gasteiger partial charge on any atom is 0.329 e. The maximum atomic E-state index is 10.2. The number of aliphatic carboxylic acids is 1. The van der Waals surface area contributed by atoms with Crippen LogP contribution in [-0.2, 0) is 9.53 Å². The van der Waals surface area contributed by atoms with Crippen molar-refractivity contribution < 1.29 is 14.6 Å². The van der Waals surface area contributed by atoms with Crippen molar-refractivity contribution in [2.24, 2.45) is 0 Å². The summed E-state index contributed by atoms with van der Waals surface area (Å²) in [6.07, 6.45) is 3.76. The monoisotopic (exact) mass is 168 g/mol. The molecule has 0 aromatic carbocycles. The molecule has 0 fully saturated rings. The van der Waals surface area contributed by atoms with Gasteiger partial charge in [0.15, 0.2) is 0 Å². The maximum absolute atomic E-state index is 10.2. The first kappa shape index (κ1) is 9.08. The molecule has 3 nitrogen and oxygen atoms in total. The number of carbonyl (C=O) groups is 1. The minimum absolute atomic E-state index is 0.163. The molecule has 0 amide bonds. The minimum atomic E-state index is -0.930. The van der Waals surface area contributed by atoms with Gasteiger partial charge in [0, 0.05) is 6.42 Å². The molecule has 1 aliphatic carbocycles. The first-order valence-corrected chi connectivity index (χ1v) is 4.11. The van der Waals surface area contributed by atoms with Crippen molar-refractivity contribution in [1.29, 1.82) is 0 Å². The van der Waals surface area contributed by atoms with E-state index in [1.807, 2.05) is 0 Å². The Bertz CT molecular complexity index is 212. The number of hydrogen-bond donors (Lipinski definition) is 1. The van der Waals surface area contributed by atoms with E-state index >= 15 is 0 Å². The van der Waals surface area contributed by atoms with E-state index in [0.717, 1.165) is 25.7 Å². The van der Waals surface area contributed by atoms with E-state index in [0.29, 0.717) is 0 Å². The Labute approximate surface area is 71.7 Å². The molecular formula is C9H12O3. The third-order valence-electron chi connectivity index (χ3n) is 1.69. The zero-order valence-electron chi connectivity index (χ0n) is 6.88. The molecule has 0 radical (unpaired) electrons. The van der Waals surface area contributed by atoms with E-state index < -0.39 is 5.97 Å². The predicted molar refractivity (Wildman–Crippen MR) is 43.6 cm³/mol. The molecule has 0 spiro atoms. The molecule has 0 heterocycles. The third kappa shape index (κ3) is 3.40. The number of hydrogen-bond acceptors (Lipinski definition) is 2. The molecule has 0 saturated carbocycles. The summed E-state index contributed by atoms with van der Waals surface area (Å²) in [5.74, 6) is 4.92. The SMILES string of the molecule is O=C(O)COC1C#CCCCC1. The van der Waals surface area contributed by atoms with Gasteiger partial charge in [-0.15, -0.1) is 5.92 Å². The molecule has 1 aliphatic rings. The number of carboxylic acids is 1. The topological polar surface area (TPSA) is 46.5 Å². The molecule has 1 N–H and O–H groups in total. The quantitative estimate of drug-likeness (QED) is 0.640. The standard InChI is InChI=1S/C9H12O3/c10-9(11)7-12-8-5-3-1-2-4-6-8/h8H,1-3,5,7H2,(H,10,11). The lowest BCUT2D eigenvalue weighted by atomic mass is 10.2. The molecule has 1 atom stereocenters. The second-order valence-corrected chi connectivity index (χ2v) is 2.76. The summed E-state index contributed by atoms with van der Waals surface area (Å²) < 4.78 is 5.05. The van der Waals surface area contributed by atoms with Crippen LogP contribution in [0.25, 0.3) is 0 Å². The van der Waals surface area contributed by atoms with Crippen LogP contribution in [0.5, 0.6) is 0 Å². The molecule has 0 aromatic rings. The zero-order chi connectivity index (χ0) is 8.81. The van der Waals surface area contributed by atoms with Gasteiger partial charge in [-0.25, -0.2) is 4.79 Å². The van der Waals surface area contributed by atoms with Crippen LogP contribution in [0, 0.1) is 11.8 Å². The highest BCUT2D eigenvalue weighted by molar-refractivity contribution is 5.68. The Balaban J connectivity index is 2.28. The lowest BCUT2D eigenvalue weighted by Crippen LogP contribution is -2.16. The fourth-order valence-corrected chi connectivity index (χ4v) is 1.10. The average molecular weight is 168 g/mol. The van der Waals surface area contributed by atoms with Crippen molar-refractivity contribution in [2.45, 2.75) is 31.8 Å². The smallest absolute Gasteiger partial charge is 0.329 e. The van der Waals surface area contributed by atoms with E-state index in [-0.39, 0.29) is 12.7 Å². The Morgan fingerprint density at radius 1 is 1.58 bits per heavy atom. The largest absolute Gasteiger partial charge is 0.480 e. The van der Waals surface area contributed by atoms with Gasteiger partial charge in [-0.05, 0) is 19.3 Å². The second kappa shape index (κ2) is 4.78. The average Bonchev–Trinajstić information content (AvgIpc) is 2.28. The number of carboxylic acid groups (broad SMARTS) is 1. The van der Waals surface area contributed by atoms with Gasteiger partial charge in [0.1, 0.15) is 12.7 Å². The van der Waals surface area contributed by atoms with E-state index in [1.165, 1.54) is 0 Å². The fraction of sp³-hybridized carbons (Fsp3) is 0.667. The van der Waals surface area contributed by atoms with Crippen LogP contribution in [0.2, 0.25) is 0 Å². The lowest BCUT2D eigenvalue weighted by Gasteiger charge is -2.07. The van der Waals surface area contributed by atoms with Crippen LogP contribution in [0.3, 0.4) is 0 Å². The Kier molecular flexibility index (Phi) is 3.62. The molecule has 0 aromatic heterocycles. The zero-order valence-corrected chi connectivity index (χ0v) is 6.88. The van der Waals surface area contributed by atoms with Crippen molar-refractivity contribution in [3.05, 3.63) is 0 Å². The lowest BCUT2D eigenvalue weighted by molar-refractivity contribution is -0.143. The van der Waals surface area contributed by atoms with Gasteiger partial charge in [0.25, 0.3) is 0 Å². The summed E-state index contributed by atoms with van der Waals surface area (Å²) in [6.45, 7) is -0.237. The van der Waals surface area contributed by atoms with Crippen molar-refractivity contribution in [2.75, 3.05) is 6.61 Å². The van der Waals surface area contributed by atoms with Crippen LogP contribution >= 0.6 is 0 Å². The highest BCUT2D eigenvalue weighted by Crippen LogP contribution is 2.09. The first-order chi connectivity index (χ1) is 5.79. The summed E-state index contributed by atoms with van der Waals surface area (Å²) in [5.41, 5.74) is 0. The number of rotatable bonds is 3. The first-order valence-electron chi connectivity index (χ1n) is 4.11. The van der Waals surface area contributed by atoms with Crippen LogP contribution in [0.1, 0.15) is 25.7 Å². The molecule has 66 valence electrons. The van der Waals surface area contributed by atoms with Crippen molar-refractivity contribution in [3.8, 4) is 11.8 Å². The predicted octanol–water partition coefficient (Wildman–Crippen LogP) is 1.03. The van der Waals surface area contributed by atoms with Crippen LogP contribution < -0.4 is 0 Å². The fourth-order valence-electron chi connectivity index (χ4n) is 1.10. The molecule has 1 unspecified atom stereocenters. The van der Waals surface area contributed by atoms with Gasteiger partial charge in [-0.3, -0.25) is 0 Å². The van der Waals surface area contributed by atoms with Crippen LogP contribution in [0.4, 0.5) is 0 Å².